The zero-order chi connectivity index (χ0) is 20.2. The molecule has 0 bridgehead atoms. The van der Waals surface area contributed by atoms with Crippen molar-refractivity contribution in [3.05, 3.63) is 0 Å². The second kappa shape index (κ2) is 9.80. The van der Waals surface area contributed by atoms with E-state index in [1.165, 1.54) is 19.3 Å². The molecule has 0 heteroatoms. The summed E-state index contributed by atoms with van der Waals surface area (Å²) in [7, 11) is 0. The highest BCUT2D eigenvalue weighted by atomic mass is 14.7. The first-order valence-corrected chi connectivity index (χ1v) is 11.7. The van der Waals surface area contributed by atoms with Crippen molar-refractivity contribution in [2.45, 2.75) is 109 Å². The first kappa shape index (κ1) is 25.0. The molecule has 5 unspecified atom stereocenters. The minimum absolute atomic E-state index is 0.510. The maximum atomic E-state index is 2.69. The predicted octanol–water partition coefficient (Wildman–Crippen LogP) is 8.70. The lowest BCUT2D eigenvalue weighted by Crippen LogP contribution is -2.37. The molecule has 0 aliphatic heterocycles. The zero-order valence-corrected chi connectivity index (χ0v) is 20.2. The Hall–Kier alpha value is 0. The van der Waals surface area contributed by atoms with Gasteiger partial charge in [-0.2, -0.15) is 0 Å². The molecule has 2 saturated carbocycles. The maximum Gasteiger partial charge on any atom is -0.0225 e. The van der Waals surface area contributed by atoms with Gasteiger partial charge in [0.1, 0.15) is 0 Å². The van der Waals surface area contributed by atoms with Crippen LogP contribution in [0.2, 0.25) is 0 Å². The molecule has 0 saturated heterocycles. The molecule has 0 N–H and O–H groups in total. The van der Waals surface area contributed by atoms with E-state index in [4.69, 9.17) is 0 Å². The molecule has 25 heavy (non-hydrogen) atoms. The van der Waals surface area contributed by atoms with E-state index in [2.05, 4.69) is 62.3 Å². The first-order chi connectivity index (χ1) is 11.7. The van der Waals surface area contributed by atoms with Crippen LogP contribution in [0.4, 0.5) is 0 Å². The van der Waals surface area contributed by atoms with Gasteiger partial charge in [-0.3, -0.25) is 0 Å². The van der Waals surface area contributed by atoms with Gasteiger partial charge in [0.2, 0.25) is 0 Å². The number of hydrogen-bond donors (Lipinski definition) is 0. The van der Waals surface area contributed by atoms with Crippen LogP contribution in [0.15, 0.2) is 0 Å². The largest absolute Gasteiger partial charge is 0.0683 e. The molecular weight excluding hydrogens is 300 g/mol. The minimum Gasteiger partial charge on any atom is -0.0683 e. The highest BCUT2D eigenvalue weighted by Crippen LogP contribution is 2.73. The number of hydrogen-bond acceptors (Lipinski definition) is 0. The Kier molecular flexibility index (Phi) is 9.80. The van der Waals surface area contributed by atoms with Crippen molar-refractivity contribution in [2.75, 3.05) is 0 Å². The summed E-state index contributed by atoms with van der Waals surface area (Å²) in [5.41, 5.74) is 1.07. The highest BCUT2D eigenvalue weighted by Gasteiger charge is 2.68. The Morgan fingerprint density at radius 1 is 0.840 bits per heavy atom. The van der Waals surface area contributed by atoms with Gasteiger partial charge in [0.05, 0.1) is 0 Å². The second-order valence-electron chi connectivity index (χ2n) is 9.56. The summed E-state index contributed by atoms with van der Waals surface area (Å²) in [6.45, 7) is 30.7. The zero-order valence-electron chi connectivity index (χ0n) is 20.2. The lowest BCUT2D eigenvalue weighted by Gasteiger charge is -2.42. The van der Waals surface area contributed by atoms with Crippen molar-refractivity contribution in [3.63, 3.8) is 0 Å². The van der Waals surface area contributed by atoms with Crippen LogP contribution in [0.1, 0.15) is 109 Å². The van der Waals surface area contributed by atoms with Crippen LogP contribution in [-0.2, 0) is 0 Å². The van der Waals surface area contributed by atoms with Crippen LogP contribution >= 0.6 is 0 Å². The Morgan fingerprint density at radius 3 is 1.56 bits per heavy atom. The molecule has 0 amide bonds. The van der Waals surface area contributed by atoms with Crippen molar-refractivity contribution < 1.29 is 0 Å². The van der Waals surface area contributed by atoms with Crippen molar-refractivity contribution in [2.24, 2.45) is 52.3 Å². The normalized spacial score (nSPS) is 41.5. The molecule has 152 valence electrons. The Labute approximate surface area is 161 Å². The SMILES string of the molecule is CC.CC.CCCC1C(C)(C2C(C)C2C)C(C(C)C)[C@H](CC)C1(C)C. The first-order valence-electron chi connectivity index (χ1n) is 11.7. The predicted molar refractivity (Wildman–Crippen MR) is 117 cm³/mol. The van der Waals surface area contributed by atoms with Gasteiger partial charge in [0.15, 0.2) is 0 Å². The molecule has 2 rings (SSSR count). The third-order valence-corrected chi connectivity index (χ3v) is 8.03. The number of rotatable bonds is 5. The van der Waals surface area contributed by atoms with Gasteiger partial charge in [-0.05, 0) is 58.7 Å². The molecule has 0 radical (unpaired) electrons. The van der Waals surface area contributed by atoms with E-state index in [0.29, 0.717) is 10.8 Å². The van der Waals surface area contributed by atoms with Crippen LogP contribution in [0.5, 0.6) is 0 Å². The van der Waals surface area contributed by atoms with Crippen LogP contribution in [-0.4, -0.2) is 0 Å². The van der Waals surface area contributed by atoms with Gasteiger partial charge in [-0.25, -0.2) is 0 Å². The van der Waals surface area contributed by atoms with Gasteiger partial charge in [-0.15, -0.1) is 0 Å². The van der Waals surface area contributed by atoms with E-state index >= 15 is 0 Å². The summed E-state index contributed by atoms with van der Waals surface area (Å²) in [5.74, 6) is 6.40. The smallest absolute Gasteiger partial charge is 0.0225 e. The van der Waals surface area contributed by atoms with Crippen molar-refractivity contribution >= 4 is 0 Å². The standard InChI is InChI=1S/C21H40.2C2H6/c1-10-12-17-20(7,8)16(11-2)18(13(3)4)21(17,9)19-14(5)15(19)6;2*1-2/h13-19H,10-12H2,1-9H3;2*1-2H3/t14?,15?,16-,17?,18?,19?,21?;;/m0../s1. The summed E-state index contributed by atoms with van der Waals surface area (Å²) >= 11 is 0. The fourth-order valence-electron chi connectivity index (χ4n) is 7.37. The molecule has 0 aromatic carbocycles. The van der Waals surface area contributed by atoms with E-state index < -0.39 is 0 Å². The molecule has 0 spiro atoms. The van der Waals surface area contributed by atoms with Gasteiger partial charge in [0.25, 0.3) is 0 Å². The lowest BCUT2D eigenvalue weighted by molar-refractivity contribution is 0.0514. The molecule has 0 nitrogen and oxygen atoms in total. The van der Waals surface area contributed by atoms with Gasteiger partial charge in [-0.1, -0.05) is 103 Å². The van der Waals surface area contributed by atoms with Crippen molar-refractivity contribution in [1.29, 1.82) is 0 Å². The highest BCUT2D eigenvalue weighted by molar-refractivity contribution is 5.16. The molecule has 2 aliphatic rings. The van der Waals surface area contributed by atoms with Gasteiger partial charge >= 0.3 is 0 Å². The van der Waals surface area contributed by atoms with E-state index in [1.807, 2.05) is 27.7 Å². The molecule has 6 atom stereocenters. The van der Waals surface area contributed by atoms with Gasteiger partial charge < -0.3 is 0 Å². The van der Waals surface area contributed by atoms with E-state index in [0.717, 1.165) is 41.4 Å². The third kappa shape index (κ3) is 4.14. The Morgan fingerprint density at radius 2 is 1.28 bits per heavy atom. The molecule has 2 aliphatic carbocycles. The molecule has 0 aromatic rings. The maximum absolute atomic E-state index is 2.69. The van der Waals surface area contributed by atoms with Crippen LogP contribution in [0, 0.1) is 52.3 Å². The monoisotopic (exact) mass is 352 g/mol. The average molecular weight is 353 g/mol. The Balaban J connectivity index is 0.00000134. The second-order valence-corrected chi connectivity index (χ2v) is 9.56. The van der Waals surface area contributed by atoms with Crippen molar-refractivity contribution in [1.82, 2.24) is 0 Å². The van der Waals surface area contributed by atoms with Crippen LogP contribution < -0.4 is 0 Å². The summed E-state index contributed by atoms with van der Waals surface area (Å²) < 4.78 is 0. The topological polar surface area (TPSA) is 0 Å². The third-order valence-electron chi connectivity index (χ3n) is 8.03. The fourth-order valence-corrected chi connectivity index (χ4v) is 7.37. The van der Waals surface area contributed by atoms with Crippen LogP contribution in [0.25, 0.3) is 0 Å². The molecule has 2 fully saturated rings. The van der Waals surface area contributed by atoms with E-state index in [9.17, 15) is 0 Å². The summed E-state index contributed by atoms with van der Waals surface area (Å²) in [4.78, 5) is 0. The molecule has 0 heterocycles. The minimum atomic E-state index is 0.510. The molecule has 0 aromatic heterocycles. The summed E-state index contributed by atoms with van der Waals surface area (Å²) in [5, 5.41) is 0. The summed E-state index contributed by atoms with van der Waals surface area (Å²) in [6, 6.07) is 0. The molecular formula is C25H52. The van der Waals surface area contributed by atoms with E-state index in [-0.39, 0.29) is 0 Å². The van der Waals surface area contributed by atoms with Crippen molar-refractivity contribution in [3.8, 4) is 0 Å². The quantitative estimate of drug-likeness (QED) is 0.464. The Bertz CT molecular complexity index is 358. The van der Waals surface area contributed by atoms with Gasteiger partial charge in [0, 0.05) is 0 Å². The average Bonchev–Trinajstić information content (AvgIpc) is 3.14. The van der Waals surface area contributed by atoms with E-state index in [1.54, 1.807) is 0 Å². The fraction of sp³-hybridized carbons (Fsp3) is 1.00. The van der Waals surface area contributed by atoms with Crippen LogP contribution in [0.3, 0.4) is 0 Å². The lowest BCUT2D eigenvalue weighted by atomic mass is 9.62. The summed E-state index contributed by atoms with van der Waals surface area (Å²) in [6.07, 6.45) is 4.14.